The van der Waals surface area contributed by atoms with Crippen LogP contribution in [-0.2, 0) is 0 Å². The van der Waals surface area contributed by atoms with Crippen molar-refractivity contribution in [1.29, 1.82) is 0 Å². The van der Waals surface area contributed by atoms with E-state index >= 15 is 0 Å². The summed E-state index contributed by atoms with van der Waals surface area (Å²) in [7, 11) is 0. The van der Waals surface area contributed by atoms with Crippen LogP contribution in [0.2, 0.25) is 0 Å². The largest absolute Gasteiger partial charge is 0.339 e. The predicted molar refractivity (Wildman–Crippen MR) is 75.3 cm³/mol. The number of hydrogen-bond donors (Lipinski definition) is 1. The zero-order chi connectivity index (χ0) is 11.9. The lowest BCUT2D eigenvalue weighted by atomic mass is 10.1. The van der Waals surface area contributed by atoms with Gasteiger partial charge in [-0.25, -0.2) is 4.98 Å². The molecule has 0 aliphatic heterocycles. The number of allylic oxidation sites excluding steroid dienone is 4. The number of nitrogens with one attached hydrogen (secondary N) is 1. The molecule has 18 heavy (non-hydrogen) atoms. The Bertz CT molecular complexity index is 806. The van der Waals surface area contributed by atoms with Gasteiger partial charge in [0.1, 0.15) is 5.65 Å². The van der Waals surface area contributed by atoms with Crippen LogP contribution >= 0.6 is 0 Å². The van der Waals surface area contributed by atoms with Gasteiger partial charge >= 0.3 is 0 Å². The first-order valence-electron chi connectivity index (χ1n) is 6.15. The molecule has 0 atom stereocenters. The average Bonchev–Trinajstić information content (AvgIpc) is 3.05. The molecule has 2 nitrogen and oxygen atoms in total. The molecule has 2 heterocycles. The first-order valence-corrected chi connectivity index (χ1v) is 6.15. The summed E-state index contributed by atoms with van der Waals surface area (Å²) in [6.07, 6.45) is 7.37. The molecule has 0 spiro atoms. The smallest absolute Gasteiger partial charge is 0.139 e. The van der Waals surface area contributed by atoms with Gasteiger partial charge in [0, 0.05) is 16.3 Å². The van der Waals surface area contributed by atoms with Crippen LogP contribution in [0.1, 0.15) is 12.1 Å². The molecule has 1 aliphatic rings. The average molecular weight is 232 g/mol. The summed E-state index contributed by atoms with van der Waals surface area (Å²) in [6, 6.07) is 12.6. The van der Waals surface area contributed by atoms with Gasteiger partial charge in [0.25, 0.3) is 0 Å². The van der Waals surface area contributed by atoms with Crippen LogP contribution in [0.5, 0.6) is 0 Å². The molecular formula is C16H12N2. The fourth-order valence-corrected chi connectivity index (χ4v) is 2.54. The van der Waals surface area contributed by atoms with Gasteiger partial charge < -0.3 is 4.98 Å². The van der Waals surface area contributed by atoms with Crippen molar-refractivity contribution in [3.8, 4) is 0 Å². The third kappa shape index (κ3) is 1.32. The lowest BCUT2D eigenvalue weighted by Crippen LogP contribution is -1.87. The summed E-state index contributed by atoms with van der Waals surface area (Å²) in [6.45, 7) is 0. The van der Waals surface area contributed by atoms with E-state index < -0.39 is 0 Å². The van der Waals surface area contributed by atoms with Crippen LogP contribution in [0.3, 0.4) is 0 Å². The Morgan fingerprint density at radius 1 is 1.00 bits per heavy atom. The van der Waals surface area contributed by atoms with Crippen molar-refractivity contribution in [1.82, 2.24) is 9.97 Å². The van der Waals surface area contributed by atoms with Gasteiger partial charge in [-0.2, -0.15) is 0 Å². The molecule has 0 unspecified atom stereocenters. The maximum atomic E-state index is 4.73. The van der Waals surface area contributed by atoms with E-state index in [2.05, 4.69) is 53.5 Å². The van der Waals surface area contributed by atoms with Crippen LogP contribution < -0.4 is 0 Å². The van der Waals surface area contributed by atoms with Gasteiger partial charge in [0.05, 0.1) is 5.69 Å². The molecule has 0 saturated carbocycles. The molecule has 86 valence electrons. The van der Waals surface area contributed by atoms with Gasteiger partial charge in [-0.1, -0.05) is 36.4 Å². The number of H-pyrrole nitrogens is 1. The van der Waals surface area contributed by atoms with Crippen molar-refractivity contribution >= 4 is 27.5 Å². The normalized spacial score (nSPS) is 14.6. The van der Waals surface area contributed by atoms with Crippen LogP contribution in [0.4, 0.5) is 0 Å². The van der Waals surface area contributed by atoms with E-state index in [9.17, 15) is 0 Å². The number of aromatic nitrogens is 2. The molecule has 0 radical (unpaired) electrons. The third-order valence-electron chi connectivity index (χ3n) is 3.47. The summed E-state index contributed by atoms with van der Waals surface area (Å²) in [5, 5.41) is 2.44. The minimum atomic E-state index is 0.974. The Balaban J connectivity index is 1.98. The summed E-state index contributed by atoms with van der Waals surface area (Å²) in [4.78, 5) is 8.11. The molecule has 1 aromatic carbocycles. The Morgan fingerprint density at radius 2 is 1.94 bits per heavy atom. The van der Waals surface area contributed by atoms with E-state index in [1.807, 2.05) is 6.07 Å². The molecule has 0 saturated heterocycles. The second kappa shape index (κ2) is 3.57. The van der Waals surface area contributed by atoms with Crippen LogP contribution in [0.25, 0.3) is 27.5 Å². The van der Waals surface area contributed by atoms with Crippen molar-refractivity contribution in [2.45, 2.75) is 6.42 Å². The van der Waals surface area contributed by atoms with Gasteiger partial charge in [0.15, 0.2) is 0 Å². The van der Waals surface area contributed by atoms with Crippen LogP contribution in [0, 0.1) is 0 Å². The maximum absolute atomic E-state index is 4.73. The second-order valence-corrected chi connectivity index (χ2v) is 4.59. The number of nitrogens with zero attached hydrogens (tertiary/aromatic N) is 1. The van der Waals surface area contributed by atoms with E-state index in [1.54, 1.807) is 0 Å². The quantitative estimate of drug-likeness (QED) is 0.673. The molecule has 0 fully saturated rings. The number of pyridine rings is 1. The van der Waals surface area contributed by atoms with Gasteiger partial charge in [-0.05, 0) is 30.2 Å². The standard InChI is InChI=1S/C16H12N2/c1-2-6-11(5-1)14-10-9-13-12-7-3-4-8-15(12)18-16(13)17-14/h1-5,7-10H,6H2,(H,17,18). The Morgan fingerprint density at radius 3 is 2.83 bits per heavy atom. The van der Waals surface area contributed by atoms with Gasteiger partial charge in [-0.15, -0.1) is 0 Å². The lowest BCUT2D eigenvalue weighted by Gasteiger charge is -2.00. The molecule has 3 aromatic rings. The molecule has 4 rings (SSSR count). The SMILES string of the molecule is C1=CCC(c2ccc3c(n2)[nH]c2ccccc23)=C1. The molecule has 2 aromatic heterocycles. The highest BCUT2D eigenvalue weighted by Crippen LogP contribution is 2.27. The van der Waals surface area contributed by atoms with E-state index in [0.717, 1.165) is 23.3 Å². The predicted octanol–water partition coefficient (Wildman–Crippen LogP) is 4.06. The molecule has 1 aliphatic carbocycles. The van der Waals surface area contributed by atoms with Gasteiger partial charge in [0.2, 0.25) is 0 Å². The second-order valence-electron chi connectivity index (χ2n) is 4.59. The summed E-state index contributed by atoms with van der Waals surface area (Å²) in [5.74, 6) is 0. The number of benzene rings is 1. The summed E-state index contributed by atoms with van der Waals surface area (Å²) < 4.78 is 0. The summed E-state index contributed by atoms with van der Waals surface area (Å²) >= 11 is 0. The summed E-state index contributed by atoms with van der Waals surface area (Å²) in [5.41, 5.74) is 4.48. The highest BCUT2D eigenvalue weighted by atomic mass is 14.9. The van der Waals surface area contributed by atoms with E-state index in [-0.39, 0.29) is 0 Å². The van der Waals surface area contributed by atoms with E-state index in [4.69, 9.17) is 4.98 Å². The molecule has 1 N–H and O–H groups in total. The molecule has 0 bridgehead atoms. The Kier molecular flexibility index (Phi) is 1.92. The topological polar surface area (TPSA) is 28.7 Å². The number of aromatic amines is 1. The minimum Gasteiger partial charge on any atom is -0.339 e. The van der Waals surface area contributed by atoms with Crippen LogP contribution in [0.15, 0.2) is 54.6 Å². The molecular weight excluding hydrogens is 220 g/mol. The third-order valence-corrected chi connectivity index (χ3v) is 3.47. The van der Waals surface area contributed by atoms with Crippen LogP contribution in [-0.4, -0.2) is 9.97 Å². The number of para-hydroxylation sites is 1. The first kappa shape index (κ1) is 9.66. The zero-order valence-corrected chi connectivity index (χ0v) is 9.85. The number of fused-ring (bicyclic) bond motifs is 3. The van der Waals surface area contributed by atoms with Crippen molar-refractivity contribution in [3.05, 3.63) is 60.3 Å². The highest BCUT2D eigenvalue weighted by molar-refractivity contribution is 6.06. The lowest BCUT2D eigenvalue weighted by molar-refractivity contribution is 1.27. The molecule has 0 amide bonds. The Hall–Kier alpha value is -2.35. The fraction of sp³-hybridized carbons (Fsp3) is 0.0625. The van der Waals surface area contributed by atoms with Crippen molar-refractivity contribution in [2.75, 3.05) is 0 Å². The fourth-order valence-electron chi connectivity index (χ4n) is 2.54. The molecule has 2 heteroatoms. The zero-order valence-electron chi connectivity index (χ0n) is 9.85. The van der Waals surface area contributed by atoms with Gasteiger partial charge in [-0.3, -0.25) is 0 Å². The maximum Gasteiger partial charge on any atom is 0.139 e. The van der Waals surface area contributed by atoms with E-state index in [0.29, 0.717) is 0 Å². The minimum absolute atomic E-state index is 0.974. The monoisotopic (exact) mass is 232 g/mol. The van der Waals surface area contributed by atoms with Crippen molar-refractivity contribution < 1.29 is 0 Å². The van der Waals surface area contributed by atoms with Crippen molar-refractivity contribution in [3.63, 3.8) is 0 Å². The number of hydrogen-bond acceptors (Lipinski definition) is 1. The highest BCUT2D eigenvalue weighted by Gasteiger charge is 2.08. The first-order chi connectivity index (χ1) is 8.92. The Labute approximate surface area is 105 Å². The van der Waals surface area contributed by atoms with E-state index in [1.165, 1.54) is 16.3 Å². The van der Waals surface area contributed by atoms with Crippen molar-refractivity contribution in [2.24, 2.45) is 0 Å². The number of rotatable bonds is 1.